The van der Waals surface area contributed by atoms with Crippen molar-refractivity contribution in [3.05, 3.63) is 48.3 Å². The number of nitrogens with one attached hydrogen (secondary N) is 1. The van der Waals surface area contributed by atoms with Gasteiger partial charge in [-0.3, -0.25) is 4.68 Å². The van der Waals surface area contributed by atoms with Crippen molar-refractivity contribution in [2.24, 2.45) is 7.05 Å². The van der Waals surface area contributed by atoms with Crippen LogP contribution in [0, 0.1) is 6.92 Å². The summed E-state index contributed by atoms with van der Waals surface area (Å²) in [6, 6.07) is 9.59. The SMILES string of the molecule is Cc1cc(-c2ccnc(Nc3ccn(C)n3)n2)ccc1N. The van der Waals surface area contributed by atoms with Crippen molar-refractivity contribution in [3.63, 3.8) is 0 Å². The summed E-state index contributed by atoms with van der Waals surface area (Å²) in [5.41, 5.74) is 9.50. The predicted octanol–water partition coefficient (Wildman–Crippen LogP) is 2.51. The van der Waals surface area contributed by atoms with Crippen LogP contribution in [-0.2, 0) is 7.05 Å². The van der Waals surface area contributed by atoms with E-state index in [2.05, 4.69) is 20.4 Å². The Balaban J connectivity index is 1.90. The van der Waals surface area contributed by atoms with Crippen LogP contribution in [0.1, 0.15) is 5.56 Å². The van der Waals surface area contributed by atoms with Crippen molar-refractivity contribution in [1.82, 2.24) is 19.7 Å². The third-order valence-electron chi connectivity index (χ3n) is 3.17. The number of nitrogens with zero attached hydrogens (tertiary/aromatic N) is 4. The topological polar surface area (TPSA) is 81.7 Å². The molecule has 0 spiro atoms. The van der Waals surface area contributed by atoms with Gasteiger partial charge in [0.2, 0.25) is 5.95 Å². The maximum Gasteiger partial charge on any atom is 0.228 e. The molecule has 0 fully saturated rings. The second kappa shape index (κ2) is 5.24. The van der Waals surface area contributed by atoms with E-state index in [1.54, 1.807) is 10.9 Å². The lowest BCUT2D eigenvalue weighted by atomic mass is 10.1. The van der Waals surface area contributed by atoms with Gasteiger partial charge in [-0.25, -0.2) is 9.97 Å². The minimum atomic E-state index is 0.515. The zero-order valence-corrected chi connectivity index (χ0v) is 11.9. The average molecular weight is 280 g/mol. The molecule has 0 bridgehead atoms. The Morgan fingerprint density at radius 3 is 2.76 bits per heavy atom. The molecular formula is C15H16N6. The van der Waals surface area contributed by atoms with Crippen molar-refractivity contribution in [3.8, 4) is 11.3 Å². The first-order valence-corrected chi connectivity index (χ1v) is 6.58. The van der Waals surface area contributed by atoms with E-state index in [1.807, 2.05) is 50.5 Å². The second-order valence-corrected chi connectivity index (χ2v) is 4.84. The van der Waals surface area contributed by atoms with Gasteiger partial charge in [0.05, 0.1) is 5.69 Å². The number of benzene rings is 1. The van der Waals surface area contributed by atoms with E-state index in [1.165, 1.54) is 0 Å². The Morgan fingerprint density at radius 1 is 1.19 bits per heavy atom. The summed E-state index contributed by atoms with van der Waals surface area (Å²) in [5.74, 6) is 1.23. The Hall–Kier alpha value is -2.89. The molecule has 0 aliphatic rings. The molecule has 0 unspecified atom stereocenters. The van der Waals surface area contributed by atoms with E-state index >= 15 is 0 Å². The van der Waals surface area contributed by atoms with Crippen molar-refractivity contribution in [2.75, 3.05) is 11.1 Å². The fourth-order valence-electron chi connectivity index (χ4n) is 2.01. The average Bonchev–Trinajstić information content (AvgIpc) is 2.87. The van der Waals surface area contributed by atoms with Gasteiger partial charge in [0.1, 0.15) is 0 Å². The minimum Gasteiger partial charge on any atom is -0.399 e. The smallest absolute Gasteiger partial charge is 0.228 e. The predicted molar refractivity (Wildman–Crippen MR) is 83.1 cm³/mol. The van der Waals surface area contributed by atoms with Crippen LogP contribution in [0.5, 0.6) is 0 Å². The Labute approximate surface area is 122 Å². The first-order valence-electron chi connectivity index (χ1n) is 6.58. The summed E-state index contributed by atoms with van der Waals surface area (Å²) in [5, 5.41) is 7.33. The molecule has 0 amide bonds. The Morgan fingerprint density at radius 2 is 2.05 bits per heavy atom. The maximum atomic E-state index is 5.85. The molecular weight excluding hydrogens is 264 g/mol. The van der Waals surface area contributed by atoms with Crippen molar-refractivity contribution >= 4 is 17.5 Å². The lowest BCUT2D eigenvalue weighted by Crippen LogP contribution is -1.99. The van der Waals surface area contributed by atoms with Crippen LogP contribution < -0.4 is 11.1 Å². The van der Waals surface area contributed by atoms with Crippen molar-refractivity contribution in [2.45, 2.75) is 6.92 Å². The highest BCUT2D eigenvalue weighted by molar-refractivity contribution is 5.65. The molecule has 21 heavy (non-hydrogen) atoms. The second-order valence-electron chi connectivity index (χ2n) is 4.84. The number of hydrogen-bond donors (Lipinski definition) is 2. The first-order chi connectivity index (χ1) is 10.1. The summed E-state index contributed by atoms with van der Waals surface area (Å²) in [6.45, 7) is 1.98. The van der Waals surface area contributed by atoms with Gasteiger partial charge in [0.25, 0.3) is 0 Å². The standard InChI is InChI=1S/C15H16N6/c1-10-9-11(3-4-12(10)16)13-5-7-17-15(18-13)19-14-6-8-21(2)20-14/h3-9H,16H2,1-2H3,(H,17,18,19,20). The van der Waals surface area contributed by atoms with Crippen LogP contribution in [0.2, 0.25) is 0 Å². The minimum absolute atomic E-state index is 0.515. The van der Waals surface area contributed by atoms with Crippen molar-refractivity contribution in [1.29, 1.82) is 0 Å². The number of aryl methyl sites for hydroxylation is 2. The van der Waals surface area contributed by atoms with Crippen LogP contribution in [0.25, 0.3) is 11.3 Å². The molecule has 3 rings (SSSR count). The molecule has 2 aromatic heterocycles. The molecule has 2 heterocycles. The summed E-state index contributed by atoms with van der Waals surface area (Å²) < 4.78 is 1.72. The highest BCUT2D eigenvalue weighted by atomic mass is 15.3. The monoisotopic (exact) mass is 280 g/mol. The van der Waals surface area contributed by atoms with E-state index in [0.717, 1.165) is 22.5 Å². The van der Waals surface area contributed by atoms with Gasteiger partial charge in [-0.15, -0.1) is 0 Å². The molecule has 3 N–H and O–H groups in total. The molecule has 0 aliphatic carbocycles. The molecule has 6 nitrogen and oxygen atoms in total. The normalized spacial score (nSPS) is 10.6. The van der Waals surface area contributed by atoms with Crippen LogP contribution in [-0.4, -0.2) is 19.7 Å². The number of aromatic nitrogens is 4. The Kier molecular flexibility index (Phi) is 3.27. The molecule has 0 saturated carbocycles. The van der Waals surface area contributed by atoms with Crippen LogP contribution in [0.4, 0.5) is 17.5 Å². The van der Waals surface area contributed by atoms with E-state index < -0.39 is 0 Å². The molecule has 1 aromatic carbocycles. The largest absolute Gasteiger partial charge is 0.399 e. The fourth-order valence-corrected chi connectivity index (χ4v) is 2.01. The molecule has 106 valence electrons. The lowest BCUT2D eigenvalue weighted by molar-refractivity contribution is 0.771. The number of nitrogen functional groups attached to an aromatic ring is 1. The highest BCUT2D eigenvalue weighted by Crippen LogP contribution is 2.22. The molecule has 0 atom stereocenters. The van der Waals surface area contributed by atoms with Gasteiger partial charge in [0, 0.05) is 36.8 Å². The number of hydrogen-bond acceptors (Lipinski definition) is 5. The number of nitrogens with two attached hydrogens (primary N) is 1. The van der Waals surface area contributed by atoms with Gasteiger partial charge < -0.3 is 11.1 Å². The van der Waals surface area contributed by atoms with E-state index in [-0.39, 0.29) is 0 Å². The zero-order chi connectivity index (χ0) is 14.8. The Bertz CT molecular complexity index is 777. The quantitative estimate of drug-likeness (QED) is 0.720. The highest BCUT2D eigenvalue weighted by Gasteiger charge is 2.05. The molecule has 3 aromatic rings. The lowest BCUT2D eigenvalue weighted by Gasteiger charge is -2.06. The zero-order valence-electron chi connectivity index (χ0n) is 11.9. The van der Waals surface area contributed by atoms with E-state index in [0.29, 0.717) is 11.8 Å². The van der Waals surface area contributed by atoms with Gasteiger partial charge in [0.15, 0.2) is 5.82 Å². The van der Waals surface area contributed by atoms with Gasteiger partial charge in [-0.05, 0) is 30.7 Å². The summed E-state index contributed by atoms with van der Waals surface area (Å²) in [7, 11) is 1.86. The third kappa shape index (κ3) is 2.84. The van der Waals surface area contributed by atoms with Crippen LogP contribution in [0.15, 0.2) is 42.7 Å². The molecule has 6 heteroatoms. The van der Waals surface area contributed by atoms with Gasteiger partial charge in [-0.2, -0.15) is 5.10 Å². The van der Waals surface area contributed by atoms with E-state index in [9.17, 15) is 0 Å². The maximum absolute atomic E-state index is 5.85. The number of anilines is 3. The summed E-state index contributed by atoms with van der Waals surface area (Å²) in [6.07, 6.45) is 3.58. The van der Waals surface area contributed by atoms with Crippen molar-refractivity contribution < 1.29 is 0 Å². The van der Waals surface area contributed by atoms with Crippen LogP contribution in [0.3, 0.4) is 0 Å². The molecule has 0 saturated heterocycles. The van der Waals surface area contributed by atoms with E-state index in [4.69, 9.17) is 5.73 Å². The summed E-state index contributed by atoms with van der Waals surface area (Å²) in [4.78, 5) is 8.72. The van der Waals surface area contributed by atoms with Gasteiger partial charge >= 0.3 is 0 Å². The number of rotatable bonds is 3. The summed E-state index contributed by atoms with van der Waals surface area (Å²) >= 11 is 0. The third-order valence-corrected chi connectivity index (χ3v) is 3.17. The van der Waals surface area contributed by atoms with Gasteiger partial charge in [-0.1, -0.05) is 6.07 Å². The van der Waals surface area contributed by atoms with Crippen LogP contribution >= 0.6 is 0 Å². The molecule has 0 aliphatic heterocycles. The first kappa shape index (κ1) is 13.1. The molecule has 0 radical (unpaired) electrons. The fraction of sp³-hybridized carbons (Fsp3) is 0.133.